The molecule has 1 amide bonds. The average Bonchev–Trinajstić information content (AvgIpc) is 3.47. The summed E-state index contributed by atoms with van der Waals surface area (Å²) in [7, 11) is 0. The van der Waals surface area contributed by atoms with Gasteiger partial charge in [0.05, 0.1) is 27.7 Å². The van der Waals surface area contributed by atoms with Gasteiger partial charge in [0, 0.05) is 12.6 Å². The Bertz CT molecular complexity index is 1020. The predicted molar refractivity (Wildman–Crippen MR) is 112 cm³/mol. The van der Waals surface area contributed by atoms with Gasteiger partial charge >= 0.3 is 5.97 Å². The summed E-state index contributed by atoms with van der Waals surface area (Å²) >= 11 is 1.55. The van der Waals surface area contributed by atoms with Crippen LogP contribution in [0.2, 0.25) is 0 Å². The molecule has 8 heteroatoms. The quantitative estimate of drug-likeness (QED) is 0.623. The number of thiophene rings is 1. The molecule has 1 aliphatic rings. The molecular weight excluding hydrogens is 388 g/mol. The molecule has 1 fully saturated rings. The Morgan fingerprint density at radius 1 is 1.38 bits per heavy atom. The number of hydrogen-bond donors (Lipinski definition) is 1. The number of esters is 1. The van der Waals surface area contributed by atoms with E-state index in [4.69, 9.17) is 9.72 Å². The first kappa shape index (κ1) is 19.6. The Hall–Kier alpha value is -2.74. The third-order valence-corrected chi connectivity index (χ3v) is 6.15. The summed E-state index contributed by atoms with van der Waals surface area (Å²) < 4.78 is 7.27. The van der Waals surface area contributed by atoms with Crippen LogP contribution >= 0.6 is 11.3 Å². The van der Waals surface area contributed by atoms with Crippen molar-refractivity contribution in [3.05, 3.63) is 35.3 Å². The molecule has 1 aliphatic carbocycles. The topological polar surface area (TPSA) is 86.1 Å². The molecule has 7 nitrogen and oxygen atoms in total. The number of amides is 1. The van der Waals surface area contributed by atoms with Gasteiger partial charge in [0.2, 0.25) is 0 Å². The summed E-state index contributed by atoms with van der Waals surface area (Å²) in [4.78, 5) is 31.0. The van der Waals surface area contributed by atoms with E-state index in [1.54, 1.807) is 35.2 Å². The number of pyridine rings is 1. The largest absolute Gasteiger partial charge is 0.449 e. The van der Waals surface area contributed by atoms with Gasteiger partial charge in [-0.3, -0.25) is 4.79 Å². The van der Waals surface area contributed by atoms with Gasteiger partial charge in [0.25, 0.3) is 5.91 Å². The van der Waals surface area contributed by atoms with Crippen LogP contribution in [-0.2, 0) is 16.1 Å². The second-order valence-electron chi connectivity index (χ2n) is 7.27. The molecule has 3 heterocycles. The number of carbonyl (C=O) groups excluding carboxylic acids is 2. The van der Waals surface area contributed by atoms with E-state index in [2.05, 4.69) is 10.4 Å². The van der Waals surface area contributed by atoms with E-state index in [0.29, 0.717) is 28.8 Å². The fourth-order valence-corrected chi connectivity index (χ4v) is 4.35. The van der Waals surface area contributed by atoms with E-state index in [9.17, 15) is 9.59 Å². The van der Waals surface area contributed by atoms with Crippen LogP contribution in [0.1, 0.15) is 49.9 Å². The SMILES string of the molecule is CCn1ncc2c(C(=O)OC(C)C(=O)NC3CCCC3)cc(-c3cccs3)nc21. The van der Waals surface area contributed by atoms with Crippen molar-refractivity contribution in [3.8, 4) is 10.6 Å². The Morgan fingerprint density at radius 2 is 2.17 bits per heavy atom. The molecule has 4 rings (SSSR count). The normalized spacial score (nSPS) is 15.5. The van der Waals surface area contributed by atoms with Crippen LogP contribution in [0, 0.1) is 0 Å². The molecule has 1 N–H and O–H groups in total. The second-order valence-corrected chi connectivity index (χ2v) is 8.22. The van der Waals surface area contributed by atoms with Crippen LogP contribution in [0.4, 0.5) is 0 Å². The van der Waals surface area contributed by atoms with Gasteiger partial charge in [-0.25, -0.2) is 14.5 Å². The van der Waals surface area contributed by atoms with Crippen molar-refractivity contribution >= 4 is 34.2 Å². The van der Waals surface area contributed by atoms with E-state index in [0.717, 1.165) is 30.6 Å². The van der Waals surface area contributed by atoms with Gasteiger partial charge in [0.1, 0.15) is 0 Å². The lowest BCUT2D eigenvalue weighted by Gasteiger charge is -2.17. The van der Waals surface area contributed by atoms with Crippen molar-refractivity contribution in [1.29, 1.82) is 0 Å². The molecule has 0 aromatic carbocycles. The van der Waals surface area contributed by atoms with Crippen LogP contribution in [0.3, 0.4) is 0 Å². The van der Waals surface area contributed by atoms with E-state index in [1.807, 2.05) is 24.4 Å². The lowest BCUT2D eigenvalue weighted by atomic mass is 10.1. The molecule has 0 radical (unpaired) electrons. The van der Waals surface area contributed by atoms with Gasteiger partial charge in [-0.2, -0.15) is 5.10 Å². The molecule has 3 aromatic rings. The van der Waals surface area contributed by atoms with Gasteiger partial charge in [-0.1, -0.05) is 18.9 Å². The lowest BCUT2D eigenvalue weighted by Crippen LogP contribution is -2.40. The maximum absolute atomic E-state index is 13.0. The lowest BCUT2D eigenvalue weighted by molar-refractivity contribution is -0.129. The van der Waals surface area contributed by atoms with Crippen molar-refractivity contribution in [2.75, 3.05) is 0 Å². The minimum atomic E-state index is -0.863. The smallest absolute Gasteiger partial charge is 0.339 e. The van der Waals surface area contributed by atoms with Crippen LogP contribution in [-0.4, -0.2) is 38.8 Å². The van der Waals surface area contributed by atoms with E-state index < -0.39 is 12.1 Å². The van der Waals surface area contributed by atoms with Gasteiger partial charge in [0.15, 0.2) is 11.8 Å². The maximum Gasteiger partial charge on any atom is 0.339 e. The molecule has 3 aromatic heterocycles. The summed E-state index contributed by atoms with van der Waals surface area (Å²) in [6.07, 6.45) is 4.99. The molecule has 1 unspecified atom stereocenters. The Morgan fingerprint density at radius 3 is 2.86 bits per heavy atom. The summed E-state index contributed by atoms with van der Waals surface area (Å²) in [6, 6.07) is 5.80. The number of rotatable bonds is 6. The number of carbonyl (C=O) groups is 2. The van der Waals surface area contributed by atoms with Gasteiger partial charge < -0.3 is 10.1 Å². The molecule has 0 aliphatic heterocycles. The van der Waals surface area contributed by atoms with Crippen molar-refractivity contribution < 1.29 is 14.3 Å². The van der Waals surface area contributed by atoms with Crippen molar-refractivity contribution in [1.82, 2.24) is 20.1 Å². The van der Waals surface area contributed by atoms with Crippen molar-refractivity contribution in [2.45, 2.75) is 58.2 Å². The molecule has 0 bridgehead atoms. The minimum Gasteiger partial charge on any atom is -0.449 e. The first-order chi connectivity index (χ1) is 14.1. The first-order valence-corrected chi connectivity index (χ1v) is 10.9. The first-order valence-electron chi connectivity index (χ1n) is 9.98. The fraction of sp³-hybridized carbons (Fsp3) is 0.429. The van der Waals surface area contributed by atoms with Gasteiger partial charge in [-0.15, -0.1) is 11.3 Å². The second kappa shape index (κ2) is 8.32. The Labute approximate surface area is 173 Å². The molecule has 1 saturated carbocycles. The number of hydrogen-bond acceptors (Lipinski definition) is 6. The number of ether oxygens (including phenoxy) is 1. The molecule has 29 heavy (non-hydrogen) atoms. The summed E-state index contributed by atoms with van der Waals surface area (Å²) in [5.41, 5.74) is 1.70. The highest BCUT2D eigenvalue weighted by Gasteiger charge is 2.25. The molecular formula is C21H24N4O3S. The van der Waals surface area contributed by atoms with Gasteiger partial charge in [-0.05, 0) is 44.2 Å². The third kappa shape index (κ3) is 4.03. The highest BCUT2D eigenvalue weighted by molar-refractivity contribution is 7.13. The van der Waals surface area contributed by atoms with E-state index >= 15 is 0 Å². The van der Waals surface area contributed by atoms with Crippen molar-refractivity contribution in [2.24, 2.45) is 0 Å². The van der Waals surface area contributed by atoms with E-state index in [-0.39, 0.29) is 11.9 Å². The van der Waals surface area contributed by atoms with Crippen LogP contribution in [0.5, 0.6) is 0 Å². The summed E-state index contributed by atoms with van der Waals surface area (Å²) in [6.45, 7) is 4.22. The van der Waals surface area contributed by atoms with Crippen molar-refractivity contribution in [3.63, 3.8) is 0 Å². The monoisotopic (exact) mass is 412 g/mol. The highest BCUT2D eigenvalue weighted by atomic mass is 32.1. The number of aromatic nitrogens is 3. The average molecular weight is 413 g/mol. The molecule has 0 saturated heterocycles. The Kier molecular flexibility index (Phi) is 5.62. The summed E-state index contributed by atoms with van der Waals surface area (Å²) in [5, 5.41) is 9.90. The highest BCUT2D eigenvalue weighted by Crippen LogP contribution is 2.28. The summed E-state index contributed by atoms with van der Waals surface area (Å²) in [5.74, 6) is -0.793. The minimum absolute atomic E-state index is 0.185. The van der Waals surface area contributed by atoms with E-state index in [1.165, 1.54) is 0 Å². The van der Waals surface area contributed by atoms with Crippen LogP contribution in [0.25, 0.3) is 21.6 Å². The zero-order chi connectivity index (χ0) is 20.4. The zero-order valence-corrected chi connectivity index (χ0v) is 17.4. The number of nitrogens with one attached hydrogen (secondary N) is 1. The number of fused-ring (bicyclic) bond motifs is 1. The zero-order valence-electron chi connectivity index (χ0n) is 16.6. The third-order valence-electron chi connectivity index (χ3n) is 5.26. The molecule has 0 spiro atoms. The predicted octanol–water partition coefficient (Wildman–Crippen LogP) is 3.78. The van der Waals surface area contributed by atoms with Crippen LogP contribution in [0.15, 0.2) is 29.8 Å². The fourth-order valence-electron chi connectivity index (χ4n) is 3.66. The Balaban J connectivity index is 1.60. The number of aryl methyl sites for hydroxylation is 1. The van der Waals surface area contributed by atoms with Crippen LogP contribution < -0.4 is 5.32 Å². The molecule has 152 valence electrons. The molecule has 1 atom stereocenters. The standard InChI is InChI=1S/C21H24N4O3S/c1-3-25-19-16(12-22-25)15(11-17(24-19)18-9-6-10-29-18)21(27)28-13(2)20(26)23-14-7-4-5-8-14/h6,9-14H,3-5,7-8H2,1-2H3,(H,23,26). The maximum atomic E-state index is 13.0. The number of nitrogens with zero attached hydrogens (tertiary/aromatic N) is 3.